The molecule has 0 aromatic heterocycles. The maximum absolute atomic E-state index is 11.7. The first-order chi connectivity index (χ1) is 10.8. The van der Waals surface area contributed by atoms with Crippen LogP contribution in [0.5, 0.6) is 0 Å². The lowest BCUT2D eigenvalue weighted by molar-refractivity contribution is 0.483. The molecule has 0 atom stereocenters. The van der Waals surface area contributed by atoms with Crippen LogP contribution in [0.4, 0.5) is 0 Å². The Morgan fingerprint density at radius 1 is 0.913 bits per heavy atom. The van der Waals surface area contributed by atoms with E-state index in [0.29, 0.717) is 10.6 Å². The molecule has 0 saturated heterocycles. The molecular formula is C18H15ClO3S. The molecule has 3 aromatic rings. The van der Waals surface area contributed by atoms with Crippen LogP contribution < -0.4 is 0 Å². The summed E-state index contributed by atoms with van der Waals surface area (Å²) in [6.07, 6.45) is 0. The monoisotopic (exact) mass is 346 g/mol. The number of hydrogen-bond donors (Lipinski definition) is 1. The van der Waals surface area contributed by atoms with Crippen molar-refractivity contribution in [3.63, 3.8) is 0 Å². The predicted molar refractivity (Wildman–Crippen MR) is 93.7 cm³/mol. The maximum atomic E-state index is 11.7. The van der Waals surface area contributed by atoms with Crippen LogP contribution in [0.3, 0.4) is 0 Å². The molecule has 3 nitrogen and oxygen atoms in total. The molecule has 0 aliphatic rings. The first-order valence-electron chi connectivity index (χ1n) is 7.05. The molecule has 1 N–H and O–H groups in total. The van der Waals surface area contributed by atoms with Gasteiger partial charge in [-0.15, -0.1) is 0 Å². The van der Waals surface area contributed by atoms with Crippen molar-refractivity contribution in [3.8, 4) is 11.1 Å². The molecule has 0 spiro atoms. The van der Waals surface area contributed by atoms with Crippen LogP contribution in [-0.4, -0.2) is 13.0 Å². The number of hydrogen-bond acceptors (Lipinski definition) is 2. The fourth-order valence-electron chi connectivity index (χ4n) is 2.74. The molecule has 0 bridgehead atoms. The van der Waals surface area contributed by atoms with E-state index in [0.717, 1.165) is 27.5 Å². The van der Waals surface area contributed by atoms with Crippen LogP contribution in [-0.2, 0) is 10.1 Å². The van der Waals surface area contributed by atoms with E-state index in [1.54, 1.807) is 12.1 Å². The van der Waals surface area contributed by atoms with Gasteiger partial charge in [-0.2, -0.15) is 8.42 Å². The molecule has 118 valence electrons. The summed E-state index contributed by atoms with van der Waals surface area (Å²) < 4.78 is 33.0. The van der Waals surface area contributed by atoms with E-state index in [2.05, 4.69) is 0 Å². The van der Waals surface area contributed by atoms with Gasteiger partial charge in [-0.1, -0.05) is 59.6 Å². The fourth-order valence-corrected chi connectivity index (χ4v) is 3.66. The van der Waals surface area contributed by atoms with Gasteiger partial charge in [0, 0.05) is 10.9 Å². The summed E-state index contributed by atoms with van der Waals surface area (Å²) in [7, 11) is -4.32. The molecule has 0 fully saturated rings. The summed E-state index contributed by atoms with van der Waals surface area (Å²) in [4.78, 5) is -0.104. The second kappa shape index (κ2) is 5.64. The summed E-state index contributed by atoms with van der Waals surface area (Å²) in [5, 5.41) is 2.34. The number of halogens is 1. The Morgan fingerprint density at radius 3 is 2.35 bits per heavy atom. The standard InChI is InChI=1S/C18H15ClO3S/c1-11-6-9-17(23(20,21)22)16(10-11)13-4-3-5-15-14(13)8-7-12(2)18(15)19/h3-10H,1-2H3,(H,20,21,22). The number of benzene rings is 3. The Bertz CT molecular complexity index is 1020. The van der Waals surface area contributed by atoms with Crippen LogP contribution >= 0.6 is 11.6 Å². The van der Waals surface area contributed by atoms with E-state index in [1.165, 1.54) is 6.07 Å². The van der Waals surface area contributed by atoms with Gasteiger partial charge < -0.3 is 0 Å². The first kappa shape index (κ1) is 16.0. The number of aryl methyl sites for hydroxylation is 2. The Labute approximate surface area is 140 Å². The van der Waals surface area contributed by atoms with Gasteiger partial charge in [-0.3, -0.25) is 4.55 Å². The molecule has 0 amide bonds. The van der Waals surface area contributed by atoms with Crippen molar-refractivity contribution in [3.05, 3.63) is 64.7 Å². The first-order valence-corrected chi connectivity index (χ1v) is 8.87. The molecule has 0 aliphatic heterocycles. The number of fused-ring (bicyclic) bond motifs is 1. The van der Waals surface area contributed by atoms with Gasteiger partial charge in [-0.25, -0.2) is 0 Å². The van der Waals surface area contributed by atoms with Crippen LogP contribution in [0.1, 0.15) is 11.1 Å². The summed E-state index contributed by atoms with van der Waals surface area (Å²) >= 11 is 6.38. The van der Waals surface area contributed by atoms with Gasteiger partial charge >= 0.3 is 0 Å². The molecule has 0 aliphatic carbocycles. The van der Waals surface area contributed by atoms with Crippen molar-refractivity contribution in [2.75, 3.05) is 0 Å². The van der Waals surface area contributed by atoms with Crippen molar-refractivity contribution in [2.24, 2.45) is 0 Å². The minimum absolute atomic E-state index is 0.104. The fraction of sp³-hybridized carbons (Fsp3) is 0.111. The van der Waals surface area contributed by atoms with E-state index in [-0.39, 0.29) is 4.90 Å². The Hall–Kier alpha value is -1.88. The zero-order valence-electron chi connectivity index (χ0n) is 12.7. The largest absolute Gasteiger partial charge is 0.295 e. The van der Waals surface area contributed by atoms with Gasteiger partial charge in [0.1, 0.15) is 4.90 Å². The molecule has 3 aromatic carbocycles. The second-order valence-corrected chi connectivity index (χ2v) is 7.34. The summed E-state index contributed by atoms with van der Waals surface area (Å²) in [6, 6.07) is 14.2. The van der Waals surface area contributed by atoms with Crippen molar-refractivity contribution < 1.29 is 13.0 Å². The minimum Gasteiger partial charge on any atom is -0.282 e. The highest BCUT2D eigenvalue weighted by Gasteiger charge is 2.18. The summed E-state index contributed by atoms with van der Waals surface area (Å²) in [5.41, 5.74) is 3.05. The number of rotatable bonds is 2. The van der Waals surface area contributed by atoms with E-state index < -0.39 is 10.1 Å². The lowest BCUT2D eigenvalue weighted by Gasteiger charge is -2.13. The zero-order valence-corrected chi connectivity index (χ0v) is 14.2. The third-order valence-electron chi connectivity index (χ3n) is 3.89. The lowest BCUT2D eigenvalue weighted by atomic mass is 9.96. The van der Waals surface area contributed by atoms with Gasteiger partial charge in [0.05, 0.1) is 5.02 Å². The molecule has 0 radical (unpaired) electrons. The second-order valence-electron chi connectivity index (χ2n) is 5.57. The van der Waals surface area contributed by atoms with Gasteiger partial charge in [-0.05, 0) is 36.4 Å². The highest BCUT2D eigenvalue weighted by Crippen LogP contribution is 2.37. The quantitative estimate of drug-likeness (QED) is 0.662. The van der Waals surface area contributed by atoms with E-state index in [1.807, 2.05) is 44.2 Å². The van der Waals surface area contributed by atoms with Crippen LogP contribution in [0.15, 0.2) is 53.4 Å². The van der Waals surface area contributed by atoms with Crippen LogP contribution in [0, 0.1) is 13.8 Å². The molecule has 23 heavy (non-hydrogen) atoms. The molecule has 5 heteroatoms. The SMILES string of the molecule is Cc1ccc(S(=O)(=O)O)c(-c2cccc3c(Cl)c(C)ccc23)c1. The molecule has 0 saturated carbocycles. The molecule has 0 unspecified atom stereocenters. The predicted octanol–water partition coefficient (Wildman–Crippen LogP) is 5.02. The average Bonchev–Trinajstić information content (AvgIpc) is 2.49. The van der Waals surface area contributed by atoms with Crippen molar-refractivity contribution in [1.29, 1.82) is 0 Å². The average molecular weight is 347 g/mol. The van der Waals surface area contributed by atoms with Gasteiger partial charge in [0.2, 0.25) is 0 Å². The third kappa shape index (κ3) is 2.85. The molecule has 3 rings (SSSR count). The highest BCUT2D eigenvalue weighted by atomic mass is 35.5. The topological polar surface area (TPSA) is 54.4 Å². The lowest BCUT2D eigenvalue weighted by Crippen LogP contribution is -2.01. The van der Waals surface area contributed by atoms with Gasteiger partial charge in [0.25, 0.3) is 10.1 Å². The van der Waals surface area contributed by atoms with E-state index in [9.17, 15) is 13.0 Å². The summed E-state index contributed by atoms with van der Waals surface area (Å²) in [5.74, 6) is 0. The highest BCUT2D eigenvalue weighted by molar-refractivity contribution is 7.86. The maximum Gasteiger partial charge on any atom is 0.295 e. The summed E-state index contributed by atoms with van der Waals surface area (Å²) in [6.45, 7) is 3.80. The Morgan fingerprint density at radius 2 is 1.65 bits per heavy atom. The third-order valence-corrected chi connectivity index (χ3v) is 5.31. The molecule has 0 heterocycles. The van der Waals surface area contributed by atoms with Crippen LogP contribution in [0.2, 0.25) is 5.02 Å². The molecular weight excluding hydrogens is 332 g/mol. The Balaban J connectivity index is 2.43. The van der Waals surface area contributed by atoms with Crippen molar-refractivity contribution in [1.82, 2.24) is 0 Å². The zero-order chi connectivity index (χ0) is 16.8. The van der Waals surface area contributed by atoms with E-state index >= 15 is 0 Å². The van der Waals surface area contributed by atoms with E-state index in [4.69, 9.17) is 11.6 Å². The van der Waals surface area contributed by atoms with Crippen molar-refractivity contribution in [2.45, 2.75) is 18.7 Å². The van der Waals surface area contributed by atoms with Crippen LogP contribution in [0.25, 0.3) is 21.9 Å². The van der Waals surface area contributed by atoms with Gasteiger partial charge in [0.15, 0.2) is 0 Å². The van der Waals surface area contributed by atoms with Crippen molar-refractivity contribution >= 4 is 32.5 Å². The normalized spacial score (nSPS) is 11.8. The minimum atomic E-state index is -4.32. The smallest absolute Gasteiger partial charge is 0.282 e. The Kier molecular flexibility index (Phi) is 3.92.